The van der Waals surface area contributed by atoms with Crippen LogP contribution in [0.5, 0.6) is 0 Å². The molecule has 0 heteroatoms. The summed E-state index contributed by atoms with van der Waals surface area (Å²) in [5.41, 5.74) is 0. The van der Waals surface area contributed by atoms with Gasteiger partial charge in [0.15, 0.2) is 0 Å². The minimum Gasteiger partial charge on any atom is -0.0885 e. The first-order valence-corrected chi connectivity index (χ1v) is 6.27. The highest BCUT2D eigenvalue weighted by molar-refractivity contribution is 4.95. The first-order valence-electron chi connectivity index (χ1n) is 6.27. The minimum atomic E-state index is 1.16. The van der Waals surface area contributed by atoms with E-state index in [-0.39, 0.29) is 0 Å². The van der Waals surface area contributed by atoms with Crippen molar-refractivity contribution in [1.82, 2.24) is 0 Å². The normalized spacial score (nSPS) is 11.5. The Kier molecular flexibility index (Phi) is 12.5. The Hall–Kier alpha value is -0.780. The number of allylic oxidation sites excluding steroid dienone is 5. The molecule has 0 bridgehead atoms. The Morgan fingerprint density at radius 1 is 0.800 bits per heavy atom. The molecular weight excluding hydrogens is 180 g/mol. The Morgan fingerprint density at radius 3 is 2.00 bits per heavy atom. The van der Waals surface area contributed by atoms with Crippen LogP contribution in [0.15, 0.2) is 30.4 Å². The molecule has 0 rings (SSSR count). The van der Waals surface area contributed by atoms with Gasteiger partial charge in [0.2, 0.25) is 0 Å². The summed E-state index contributed by atoms with van der Waals surface area (Å²) in [6.45, 7) is 7.46. The molecule has 0 aliphatic carbocycles. The standard InChI is InChI=1S/C15H25/c1-3-5-7-9-11-13-15-14-12-10-8-6-4-2/h1,3,5,7,10,12H,4,6,8-9,11,13-15H2,2H3. The maximum Gasteiger partial charge on any atom is -0.0348 e. The van der Waals surface area contributed by atoms with Crippen LogP contribution < -0.4 is 0 Å². The van der Waals surface area contributed by atoms with Crippen LogP contribution in [0.4, 0.5) is 0 Å². The predicted molar refractivity (Wildman–Crippen MR) is 69.8 cm³/mol. The van der Waals surface area contributed by atoms with E-state index >= 15 is 0 Å². The second-order valence-electron chi connectivity index (χ2n) is 3.87. The number of rotatable bonds is 10. The van der Waals surface area contributed by atoms with E-state index in [4.69, 9.17) is 6.58 Å². The molecule has 0 saturated heterocycles. The highest BCUT2D eigenvalue weighted by Crippen LogP contribution is 2.05. The molecule has 0 atom stereocenters. The first-order chi connectivity index (χ1) is 7.41. The highest BCUT2D eigenvalue weighted by Gasteiger charge is 1.85. The van der Waals surface area contributed by atoms with Crippen LogP contribution in [0, 0.1) is 6.58 Å². The van der Waals surface area contributed by atoms with Crippen molar-refractivity contribution in [1.29, 1.82) is 0 Å². The van der Waals surface area contributed by atoms with Crippen LogP contribution in [0.3, 0.4) is 0 Å². The molecular formula is C15H25. The Morgan fingerprint density at radius 2 is 1.40 bits per heavy atom. The molecule has 0 heterocycles. The van der Waals surface area contributed by atoms with Gasteiger partial charge in [0, 0.05) is 0 Å². The number of unbranched alkanes of at least 4 members (excludes halogenated alkanes) is 6. The smallest absolute Gasteiger partial charge is 0.0348 e. The van der Waals surface area contributed by atoms with E-state index in [9.17, 15) is 0 Å². The van der Waals surface area contributed by atoms with Gasteiger partial charge in [-0.2, -0.15) is 0 Å². The molecule has 0 aromatic rings. The highest BCUT2D eigenvalue weighted by atomic mass is 13.9. The quantitative estimate of drug-likeness (QED) is 0.260. The van der Waals surface area contributed by atoms with E-state index < -0.39 is 0 Å². The number of hydrogen-bond donors (Lipinski definition) is 0. The summed E-state index contributed by atoms with van der Waals surface area (Å²) in [5, 5.41) is 0. The third-order valence-electron chi connectivity index (χ3n) is 2.38. The Bertz CT molecular complexity index is 174. The van der Waals surface area contributed by atoms with Crippen molar-refractivity contribution in [3.63, 3.8) is 0 Å². The van der Waals surface area contributed by atoms with Gasteiger partial charge in [-0.15, -0.1) is 0 Å². The summed E-state index contributed by atoms with van der Waals surface area (Å²) in [5.74, 6) is 0. The molecule has 1 radical (unpaired) electrons. The van der Waals surface area contributed by atoms with Crippen molar-refractivity contribution in [2.45, 2.75) is 58.3 Å². The van der Waals surface area contributed by atoms with Crippen molar-refractivity contribution in [3.05, 3.63) is 37.0 Å². The van der Waals surface area contributed by atoms with E-state index in [1.165, 1.54) is 44.9 Å². The van der Waals surface area contributed by atoms with E-state index in [0.29, 0.717) is 0 Å². The summed E-state index contributed by atoms with van der Waals surface area (Å²) in [6.07, 6.45) is 20.5. The van der Waals surface area contributed by atoms with Crippen LogP contribution >= 0.6 is 0 Å². The third kappa shape index (κ3) is 13.2. The summed E-state index contributed by atoms with van der Waals surface area (Å²) in [7, 11) is 0. The topological polar surface area (TPSA) is 0 Å². The maximum atomic E-state index is 5.23. The van der Waals surface area contributed by atoms with Gasteiger partial charge < -0.3 is 0 Å². The fourth-order valence-corrected chi connectivity index (χ4v) is 1.43. The largest absolute Gasteiger partial charge is 0.0885 e. The summed E-state index contributed by atoms with van der Waals surface area (Å²) < 4.78 is 0. The van der Waals surface area contributed by atoms with E-state index in [1.54, 1.807) is 6.08 Å². The molecule has 0 amide bonds. The van der Waals surface area contributed by atoms with E-state index in [2.05, 4.69) is 25.2 Å². The van der Waals surface area contributed by atoms with Gasteiger partial charge in [-0.25, -0.2) is 0 Å². The van der Waals surface area contributed by atoms with Crippen LogP contribution in [-0.4, -0.2) is 0 Å². The fourth-order valence-electron chi connectivity index (χ4n) is 1.43. The lowest BCUT2D eigenvalue weighted by atomic mass is 10.1. The van der Waals surface area contributed by atoms with Crippen LogP contribution in [0.1, 0.15) is 58.3 Å². The molecule has 0 aromatic carbocycles. The molecule has 0 aromatic heterocycles. The first kappa shape index (κ1) is 14.2. The maximum absolute atomic E-state index is 5.23. The van der Waals surface area contributed by atoms with E-state index in [0.717, 1.165) is 6.42 Å². The fraction of sp³-hybridized carbons (Fsp3) is 0.600. The van der Waals surface area contributed by atoms with Gasteiger partial charge in [0.1, 0.15) is 0 Å². The van der Waals surface area contributed by atoms with Crippen LogP contribution in [0.2, 0.25) is 0 Å². The third-order valence-corrected chi connectivity index (χ3v) is 2.38. The number of hydrogen-bond acceptors (Lipinski definition) is 0. The van der Waals surface area contributed by atoms with Gasteiger partial charge in [-0.05, 0) is 32.1 Å². The molecule has 0 aliphatic rings. The zero-order valence-electron chi connectivity index (χ0n) is 10.1. The molecule has 15 heavy (non-hydrogen) atoms. The van der Waals surface area contributed by atoms with Crippen molar-refractivity contribution in [2.24, 2.45) is 0 Å². The predicted octanol–water partition coefficient (Wildman–Crippen LogP) is 5.23. The lowest BCUT2D eigenvalue weighted by molar-refractivity contribution is 0.694. The molecule has 0 aliphatic heterocycles. The summed E-state index contributed by atoms with van der Waals surface area (Å²) in [6, 6.07) is 0. The molecule has 0 saturated carbocycles. The molecule has 0 nitrogen and oxygen atoms in total. The second kappa shape index (κ2) is 13.2. The molecule has 0 unspecified atom stereocenters. The molecule has 0 N–H and O–H groups in total. The van der Waals surface area contributed by atoms with E-state index in [1.807, 2.05) is 6.08 Å². The zero-order chi connectivity index (χ0) is 11.2. The summed E-state index contributed by atoms with van der Waals surface area (Å²) >= 11 is 0. The minimum absolute atomic E-state index is 1.16. The average Bonchev–Trinajstić information content (AvgIpc) is 2.26. The SMILES string of the molecule is [CH]=CC=CCCCCCC=CCCCC. The van der Waals surface area contributed by atoms with Crippen LogP contribution in [-0.2, 0) is 0 Å². The lowest BCUT2D eigenvalue weighted by Gasteiger charge is -1.95. The average molecular weight is 205 g/mol. The Labute approximate surface area is 95.8 Å². The monoisotopic (exact) mass is 205 g/mol. The molecule has 85 valence electrons. The van der Waals surface area contributed by atoms with Crippen LogP contribution in [0.25, 0.3) is 0 Å². The molecule has 0 fully saturated rings. The van der Waals surface area contributed by atoms with Gasteiger partial charge in [0.05, 0.1) is 0 Å². The van der Waals surface area contributed by atoms with Gasteiger partial charge >= 0.3 is 0 Å². The van der Waals surface area contributed by atoms with Gasteiger partial charge in [-0.1, -0.05) is 63.1 Å². The lowest BCUT2D eigenvalue weighted by Crippen LogP contribution is -1.75. The summed E-state index contributed by atoms with van der Waals surface area (Å²) in [4.78, 5) is 0. The second-order valence-corrected chi connectivity index (χ2v) is 3.87. The van der Waals surface area contributed by atoms with Gasteiger partial charge in [-0.3, -0.25) is 0 Å². The van der Waals surface area contributed by atoms with Crippen molar-refractivity contribution >= 4 is 0 Å². The van der Waals surface area contributed by atoms with Gasteiger partial charge in [0.25, 0.3) is 0 Å². The van der Waals surface area contributed by atoms with Crippen molar-refractivity contribution in [2.75, 3.05) is 0 Å². The zero-order valence-corrected chi connectivity index (χ0v) is 10.1. The Balaban J connectivity index is 3.07. The molecule has 0 spiro atoms. The van der Waals surface area contributed by atoms with Crippen molar-refractivity contribution < 1.29 is 0 Å². The van der Waals surface area contributed by atoms with Crippen molar-refractivity contribution in [3.8, 4) is 0 Å².